The van der Waals surface area contributed by atoms with Gasteiger partial charge in [-0.15, -0.1) is 11.8 Å². The number of aliphatic hydroxyl groups excluding tert-OH is 1. The van der Waals surface area contributed by atoms with Crippen LogP contribution in [0.3, 0.4) is 0 Å². The normalized spacial score (nSPS) is 32.6. The van der Waals surface area contributed by atoms with Gasteiger partial charge < -0.3 is 21.6 Å². The van der Waals surface area contributed by atoms with Crippen LogP contribution in [0.5, 0.6) is 0 Å². The number of hydrogen-bond acceptors (Lipinski definition) is 6. The zero-order chi connectivity index (χ0) is 17.7. The summed E-state index contributed by atoms with van der Waals surface area (Å²) < 4.78 is 0. The molecule has 2 aliphatic rings. The zero-order valence-corrected chi connectivity index (χ0v) is 15.1. The van der Waals surface area contributed by atoms with Gasteiger partial charge in [0.1, 0.15) is 5.50 Å². The summed E-state index contributed by atoms with van der Waals surface area (Å²) in [5.74, 6) is 0.411. The molecule has 134 valence electrons. The quantitative estimate of drug-likeness (QED) is 0.458. The molecule has 6 nitrogen and oxygen atoms in total. The van der Waals surface area contributed by atoms with E-state index in [0.717, 1.165) is 17.7 Å². The van der Waals surface area contributed by atoms with E-state index in [1.54, 1.807) is 11.8 Å². The summed E-state index contributed by atoms with van der Waals surface area (Å²) in [6.07, 6.45) is 8.95. The molecular weight excluding hydrogens is 324 g/mol. The van der Waals surface area contributed by atoms with E-state index < -0.39 is 6.04 Å². The number of nitrogens with two attached hydrogens (primary N) is 1. The van der Waals surface area contributed by atoms with Crippen molar-refractivity contribution in [2.24, 2.45) is 17.6 Å². The molecule has 0 aromatic carbocycles. The van der Waals surface area contributed by atoms with Crippen molar-refractivity contribution < 1.29 is 9.90 Å². The van der Waals surface area contributed by atoms with Gasteiger partial charge in [0, 0.05) is 17.7 Å². The molecule has 1 aliphatic heterocycles. The van der Waals surface area contributed by atoms with Crippen LogP contribution in [0.25, 0.3) is 0 Å². The van der Waals surface area contributed by atoms with E-state index in [2.05, 4.69) is 23.6 Å². The first kappa shape index (κ1) is 19.2. The second kappa shape index (κ2) is 8.29. The fourth-order valence-corrected chi connectivity index (χ4v) is 4.15. The summed E-state index contributed by atoms with van der Waals surface area (Å²) in [6.45, 7) is 3.76. The van der Waals surface area contributed by atoms with Crippen LogP contribution in [-0.2, 0) is 4.79 Å². The molecule has 0 saturated carbocycles. The van der Waals surface area contributed by atoms with Crippen molar-refractivity contribution in [1.82, 2.24) is 10.6 Å². The van der Waals surface area contributed by atoms with Crippen LogP contribution in [-0.4, -0.2) is 46.7 Å². The number of rotatable bonds is 6. The van der Waals surface area contributed by atoms with E-state index >= 15 is 0 Å². The van der Waals surface area contributed by atoms with Crippen LogP contribution in [0.15, 0.2) is 23.8 Å². The first-order valence-corrected chi connectivity index (χ1v) is 9.40. The molecule has 1 amide bonds. The largest absolute Gasteiger partial charge is 0.394 e. The average molecular weight is 353 g/mol. The van der Waals surface area contributed by atoms with E-state index in [1.807, 2.05) is 19.1 Å². The molecule has 0 spiro atoms. The van der Waals surface area contributed by atoms with E-state index in [1.165, 1.54) is 6.21 Å². The number of thioether (sulfide) groups is 1. The molecule has 2 rings (SSSR count). The molecule has 7 heteroatoms. The average Bonchev–Trinajstić information content (AvgIpc) is 2.58. The third kappa shape index (κ3) is 4.47. The Hall–Kier alpha value is -1.15. The van der Waals surface area contributed by atoms with Gasteiger partial charge in [-0.1, -0.05) is 25.2 Å². The standard InChI is InChI=1S/C17H28N4O2S/c1-11(9-18)14(10-22)20-15(23)12-4-3-5-13(8-12)17(2)6-7-24-16(19)21-17/h3,5,8-9,11-12,14,16,18,21-22H,4,6-7,10,19H2,1-2H3,(H,20,23). The molecule has 0 aromatic rings. The van der Waals surface area contributed by atoms with Crippen LogP contribution in [0.2, 0.25) is 0 Å². The van der Waals surface area contributed by atoms with Crippen molar-refractivity contribution >= 4 is 23.9 Å². The second-order valence-electron chi connectivity index (χ2n) is 6.71. The zero-order valence-electron chi connectivity index (χ0n) is 14.3. The summed E-state index contributed by atoms with van der Waals surface area (Å²) in [6, 6.07) is -0.425. The first-order chi connectivity index (χ1) is 11.4. The smallest absolute Gasteiger partial charge is 0.227 e. The highest BCUT2D eigenvalue weighted by molar-refractivity contribution is 7.99. The third-order valence-corrected chi connectivity index (χ3v) is 5.74. The molecule has 1 aliphatic carbocycles. The van der Waals surface area contributed by atoms with Gasteiger partial charge in [-0.3, -0.25) is 10.1 Å². The summed E-state index contributed by atoms with van der Waals surface area (Å²) >= 11 is 1.70. The molecule has 5 atom stereocenters. The van der Waals surface area contributed by atoms with E-state index in [-0.39, 0.29) is 35.4 Å². The lowest BCUT2D eigenvalue weighted by Gasteiger charge is -2.40. The van der Waals surface area contributed by atoms with Crippen molar-refractivity contribution in [3.05, 3.63) is 23.8 Å². The molecule has 1 fully saturated rings. The Morgan fingerprint density at radius 1 is 1.71 bits per heavy atom. The van der Waals surface area contributed by atoms with Gasteiger partial charge in [-0.25, -0.2) is 0 Å². The maximum Gasteiger partial charge on any atom is 0.227 e. The van der Waals surface area contributed by atoms with Crippen molar-refractivity contribution in [1.29, 1.82) is 5.41 Å². The number of amides is 1. The van der Waals surface area contributed by atoms with Crippen molar-refractivity contribution in [2.45, 2.75) is 43.8 Å². The summed E-state index contributed by atoms with van der Waals surface area (Å²) in [4.78, 5) is 12.6. The van der Waals surface area contributed by atoms with Crippen LogP contribution >= 0.6 is 11.8 Å². The molecule has 1 heterocycles. The highest BCUT2D eigenvalue weighted by atomic mass is 32.2. The van der Waals surface area contributed by atoms with Gasteiger partial charge in [-0.05, 0) is 31.1 Å². The fourth-order valence-electron chi connectivity index (χ4n) is 3.03. The minimum atomic E-state index is -0.425. The summed E-state index contributed by atoms with van der Waals surface area (Å²) in [5, 5.41) is 23.0. The Morgan fingerprint density at radius 3 is 3.08 bits per heavy atom. The minimum Gasteiger partial charge on any atom is -0.394 e. The van der Waals surface area contributed by atoms with Gasteiger partial charge >= 0.3 is 0 Å². The minimum absolute atomic E-state index is 0.0977. The van der Waals surface area contributed by atoms with Crippen molar-refractivity contribution in [3.63, 3.8) is 0 Å². The van der Waals surface area contributed by atoms with Gasteiger partial charge in [0.05, 0.1) is 18.6 Å². The number of allylic oxidation sites excluding steroid dienone is 1. The number of aliphatic hydroxyl groups is 1. The van der Waals surface area contributed by atoms with Crippen LogP contribution in [0.1, 0.15) is 26.7 Å². The molecule has 5 unspecified atom stereocenters. The number of nitrogens with one attached hydrogen (secondary N) is 3. The van der Waals surface area contributed by atoms with Gasteiger partial charge in [0.15, 0.2) is 0 Å². The lowest BCUT2D eigenvalue weighted by molar-refractivity contribution is -0.124. The van der Waals surface area contributed by atoms with Crippen LogP contribution < -0.4 is 16.4 Å². The number of hydrogen-bond donors (Lipinski definition) is 5. The predicted octanol–water partition coefficient (Wildman–Crippen LogP) is 0.979. The van der Waals surface area contributed by atoms with Crippen molar-refractivity contribution in [2.75, 3.05) is 12.4 Å². The van der Waals surface area contributed by atoms with E-state index in [9.17, 15) is 9.90 Å². The maximum atomic E-state index is 12.6. The molecular formula is C17H28N4O2S. The third-order valence-electron chi connectivity index (χ3n) is 4.82. The Bertz CT molecular complexity index is 537. The Balaban J connectivity index is 2.09. The molecule has 1 saturated heterocycles. The molecule has 0 bridgehead atoms. The summed E-state index contributed by atoms with van der Waals surface area (Å²) in [7, 11) is 0. The van der Waals surface area contributed by atoms with E-state index in [0.29, 0.717) is 6.42 Å². The lowest BCUT2D eigenvalue weighted by atomic mass is 9.82. The summed E-state index contributed by atoms with van der Waals surface area (Å²) in [5.41, 5.74) is 6.78. The second-order valence-corrected chi connectivity index (χ2v) is 7.96. The van der Waals surface area contributed by atoms with Crippen molar-refractivity contribution in [3.8, 4) is 0 Å². The molecule has 0 aromatic heterocycles. The van der Waals surface area contributed by atoms with Gasteiger partial charge in [0.25, 0.3) is 0 Å². The maximum absolute atomic E-state index is 12.6. The van der Waals surface area contributed by atoms with Crippen LogP contribution in [0.4, 0.5) is 0 Å². The Morgan fingerprint density at radius 2 is 2.46 bits per heavy atom. The topological polar surface area (TPSA) is 111 Å². The molecule has 6 N–H and O–H groups in total. The fraction of sp³-hybridized carbons (Fsp3) is 0.647. The highest BCUT2D eigenvalue weighted by Crippen LogP contribution is 2.33. The predicted molar refractivity (Wildman–Crippen MR) is 98.9 cm³/mol. The van der Waals surface area contributed by atoms with E-state index in [4.69, 9.17) is 11.1 Å². The van der Waals surface area contributed by atoms with Gasteiger partial charge in [0.2, 0.25) is 5.91 Å². The first-order valence-electron chi connectivity index (χ1n) is 8.35. The SMILES string of the molecule is CC(C=N)C(CO)NC(=O)C1C=C(C2(C)CCSC(N)N2)C=CC1. The van der Waals surface area contributed by atoms with Gasteiger partial charge in [-0.2, -0.15) is 0 Å². The highest BCUT2D eigenvalue weighted by Gasteiger charge is 2.35. The Kier molecular flexibility index (Phi) is 6.62. The Labute approximate surface area is 147 Å². The number of carbonyl (C=O) groups excluding carboxylic acids is 1. The number of carbonyl (C=O) groups is 1. The monoisotopic (exact) mass is 352 g/mol. The lowest BCUT2D eigenvalue weighted by Crippen LogP contribution is -2.55. The van der Waals surface area contributed by atoms with Crippen LogP contribution in [0, 0.1) is 17.2 Å². The molecule has 24 heavy (non-hydrogen) atoms. The molecule has 0 radical (unpaired) electrons.